The van der Waals surface area contributed by atoms with E-state index in [4.69, 9.17) is 9.57 Å². The smallest absolute Gasteiger partial charge is 0.316 e. The molecule has 0 aliphatic carbocycles. The summed E-state index contributed by atoms with van der Waals surface area (Å²) in [4.78, 5) is 17.8. The lowest BCUT2D eigenvalue weighted by atomic mass is 9.78. The maximum atomic E-state index is 12.6. The Morgan fingerprint density at radius 1 is 1.22 bits per heavy atom. The Morgan fingerprint density at radius 3 is 2.30 bits per heavy atom. The topological polar surface area (TPSA) is 59.0 Å². The van der Waals surface area contributed by atoms with Crippen LogP contribution in [0.5, 0.6) is 0 Å². The van der Waals surface area contributed by atoms with Gasteiger partial charge in [0.15, 0.2) is 0 Å². The number of rotatable bonds is 2. The molecule has 1 aromatic rings. The number of hydrogen-bond donors (Lipinski definition) is 1. The molecule has 1 N–H and O–H groups in total. The first-order valence-electron chi connectivity index (χ1n) is 8.16. The van der Waals surface area contributed by atoms with E-state index in [1.165, 1.54) is 0 Å². The molecular formula is C18H25NO4. The molecule has 2 aliphatic heterocycles. The molecule has 0 aromatic heterocycles. The zero-order chi connectivity index (χ0) is 16.8. The van der Waals surface area contributed by atoms with Crippen molar-refractivity contribution < 1.29 is 19.5 Å². The van der Waals surface area contributed by atoms with Gasteiger partial charge in [-0.2, -0.15) is 5.06 Å². The maximum Gasteiger partial charge on any atom is 0.316 e. The molecule has 2 heterocycles. The summed E-state index contributed by atoms with van der Waals surface area (Å²) in [5, 5.41) is 12.8. The van der Waals surface area contributed by atoms with Crippen LogP contribution >= 0.6 is 0 Å². The minimum atomic E-state index is -0.811. The summed E-state index contributed by atoms with van der Waals surface area (Å²) in [5.41, 5.74) is 3.37. The third-order valence-corrected chi connectivity index (χ3v) is 5.29. The molecule has 0 radical (unpaired) electrons. The first-order chi connectivity index (χ1) is 10.9. The second-order valence-electron chi connectivity index (χ2n) is 6.83. The molecule has 2 fully saturated rings. The van der Waals surface area contributed by atoms with Gasteiger partial charge in [0.25, 0.3) is 0 Å². The van der Waals surface area contributed by atoms with Crippen LogP contribution < -0.4 is 0 Å². The Bertz CT molecular complexity index is 596. The highest BCUT2D eigenvalue weighted by molar-refractivity contribution is 5.83. The van der Waals surface area contributed by atoms with Gasteiger partial charge in [-0.05, 0) is 37.5 Å². The van der Waals surface area contributed by atoms with Crippen molar-refractivity contribution in [2.45, 2.75) is 51.2 Å². The fourth-order valence-electron chi connectivity index (χ4n) is 4.16. The number of esters is 1. The van der Waals surface area contributed by atoms with Gasteiger partial charge < -0.3 is 14.7 Å². The predicted octanol–water partition coefficient (Wildman–Crippen LogP) is 2.01. The number of carbonyl (C=O) groups is 1. The highest BCUT2D eigenvalue weighted by Crippen LogP contribution is 2.45. The lowest BCUT2D eigenvalue weighted by molar-refractivity contribution is -0.192. The molecule has 1 spiro atoms. The highest BCUT2D eigenvalue weighted by atomic mass is 16.7. The Hall–Kier alpha value is -1.43. The molecule has 5 nitrogen and oxygen atoms in total. The van der Waals surface area contributed by atoms with Crippen molar-refractivity contribution >= 4 is 5.97 Å². The van der Waals surface area contributed by atoms with Gasteiger partial charge in [0.2, 0.25) is 0 Å². The van der Waals surface area contributed by atoms with Crippen molar-refractivity contribution in [3.8, 4) is 0 Å². The quantitative estimate of drug-likeness (QED) is 0.845. The standard InChI is InChI=1S/C18H25NO4/c1-11-9-12(2)14(13(3)10-11)15-16(20)18(23-17(15)21)5-7-19(22-4)8-6-18/h9-10,15-16,20H,5-8H2,1-4H3. The summed E-state index contributed by atoms with van der Waals surface area (Å²) in [6.45, 7) is 7.33. The van der Waals surface area contributed by atoms with Crippen molar-refractivity contribution in [2.24, 2.45) is 0 Å². The second kappa shape index (κ2) is 5.89. The molecule has 3 rings (SSSR count). The Kier molecular flexibility index (Phi) is 4.21. The first kappa shape index (κ1) is 16.4. The summed E-state index contributed by atoms with van der Waals surface area (Å²) in [7, 11) is 1.64. The Morgan fingerprint density at radius 2 is 1.78 bits per heavy atom. The lowest BCUT2D eigenvalue weighted by Crippen LogP contribution is -2.50. The van der Waals surface area contributed by atoms with Crippen LogP contribution in [0.15, 0.2) is 12.1 Å². The number of aryl methyl sites for hydroxylation is 3. The van der Waals surface area contributed by atoms with Crippen LogP contribution in [-0.4, -0.2) is 48.0 Å². The summed E-state index contributed by atoms with van der Waals surface area (Å²) >= 11 is 0. The number of benzene rings is 1. The van der Waals surface area contributed by atoms with Crippen molar-refractivity contribution in [3.05, 3.63) is 34.4 Å². The molecule has 1 aromatic carbocycles. The minimum absolute atomic E-state index is 0.307. The molecule has 2 atom stereocenters. The van der Waals surface area contributed by atoms with E-state index in [1.54, 1.807) is 7.11 Å². The van der Waals surface area contributed by atoms with E-state index in [-0.39, 0.29) is 5.97 Å². The minimum Gasteiger partial charge on any atom is -0.456 e. The maximum absolute atomic E-state index is 12.6. The zero-order valence-corrected chi connectivity index (χ0v) is 14.3. The number of hydrogen-bond acceptors (Lipinski definition) is 5. The van der Waals surface area contributed by atoms with Gasteiger partial charge in [-0.1, -0.05) is 17.7 Å². The largest absolute Gasteiger partial charge is 0.456 e. The van der Waals surface area contributed by atoms with Crippen LogP contribution in [0.25, 0.3) is 0 Å². The van der Waals surface area contributed by atoms with E-state index in [1.807, 2.05) is 25.8 Å². The van der Waals surface area contributed by atoms with Crippen LogP contribution in [-0.2, 0) is 14.4 Å². The Labute approximate surface area is 137 Å². The summed E-state index contributed by atoms with van der Waals surface area (Å²) in [6.07, 6.45) is 0.372. The van der Waals surface area contributed by atoms with Gasteiger partial charge in [-0.15, -0.1) is 0 Å². The molecule has 2 aliphatic rings. The van der Waals surface area contributed by atoms with Crippen molar-refractivity contribution in [3.63, 3.8) is 0 Å². The van der Waals surface area contributed by atoms with Gasteiger partial charge in [0.05, 0.1) is 7.11 Å². The van der Waals surface area contributed by atoms with E-state index in [9.17, 15) is 9.90 Å². The van der Waals surface area contributed by atoms with E-state index >= 15 is 0 Å². The number of nitrogens with zero attached hydrogens (tertiary/aromatic N) is 1. The van der Waals surface area contributed by atoms with Crippen molar-refractivity contribution in [2.75, 3.05) is 20.2 Å². The zero-order valence-electron chi connectivity index (χ0n) is 14.3. The van der Waals surface area contributed by atoms with E-state index < -0.39 is 17.6 Å². The molecule has 0 saturated carbocycles. The summed E-state index contributed by atoms with van der Waals surface area (Å²) < 4.78 is 5.73. The van der Waals surface area contributed by atoms with Crippen LogP contribution in [0.4, 0.5) is 0 Å². The number of hydroxylamine groups is 2. The summed E-state index contributed by atoms with van der Waals surface area (Å²) in [6, 6.07) is 4.11. The number of aliphatic hydroxyl groups is 1. The van der Waals surface area contributed by atoms with E-state index in [0.29, 0.717) is 25.9 Å². The van der Waals surface area contributed by atoms with Gasteiger partial charge in [-0.3, -0.25) is 4.79 Å². The highest BCUT2D eigenvalue weighted by Gasteiger charge is 2.57. The number of piperidine rings is 1. The first-order valence-corrected chi connectivity index (χ1v) is 8.16. The number of ether oxygens (including phenoxy) is 1. The van der Waals surface area contributed by atoms with Gasteiger partial charge in [0, 0.05) is 25.9 Å². The average Bonchev–Trinajstić information content (AvgIpc) is 2.72. The van der Waals surface area contributed by atoms with Crippen LogP contribution in [0.2, 0.25) is 0 Å². The van der Waals surface area contributed by atoms with Gasteiger partial charge >= 0.3 is 5.97 Å². The van der Waals surface area contributed by atoms with Crippen LogP contribution in [0.3, 0.4) is 0 Å². The number of aliphatic hydroxyl groups excluding tert-OH is 1. The Balaban J connectivity index is 1.93. The molecule has 23 heavy (non-hydrogen) atoms. The van der Waals surface area contributed by atoms with Gasteiger partial charge in [0.1, 0.15) is 17.6 Å². The average molecular weight is 319 g/mol. The van der Waals surface area contributed by atoms with Crippen LogP contribution in [0.1, 0.15) is 41.0 Å². The fourth-order valence-corrected chi connectivity index (χ4v) is 4.16. The molecular weight excluding hydrogens is 294 g/mol. The second-order valence-corrected chi connectivity index (χ2v) is 6.83. The predicted molar refractivity (Wildman–Crippen MR) is 86.0 cm³/mol. The molecule has 126 valence electrons. The molecule has 0 amide bonds. The van der Waals surface area contributed by atoms with Gasteiger partial charge in [-0.25, -0.2) is 0 Å². The monoisotopic (exact) mass is 319 g/mol. The SMILES string of the molecule is CON1CCC2(CC1)OC(=O)C(c1c(C)cc(C)cc1C)C2O. The van der Waals surface area contributed by atoms with E-state index in [2.05, 4.69) is 12.1 Å². The molecule has 2 unspecified atom stereocenters. The summed E-state index contributed by atoms with van der Waals surface area (Å²) in [5.74, 6) is -0.900. The van der Waals surface area contributed by atoms with E-state index in [0.717, 1.165) is 22.3 Å². The lowest BCUT2D eigenvalue weighted by Gasteiger charge is -2.39. The van der Waals surface area contributed by atoms with Crippen molar-refractivity contribution in [1.82, 2.24) is 5.06 Å². The third kappa shape index (κ3) is 2.67. The fraction of sp³-hybridized carbons (Fsp3) is 0.611. The molecule has 2 saturated heterocycles. The molecule has 5 heteroatoms. The molecule has 0 bridgehead atoms. The van der Waals surface area contributed by atoms with Crippen LogP contribution in [0, 0.1) is 20.8 Å². The third-order valence-electron chi connectivity index (χ3n) is 5.29. The normalized spacial score (nSPS) is 27.4. The number of carbonyl (C=O) groups excluding carboxylic acids is 1. The van der Waals surface area contributed by atoms with Crippen molar-refractivity contribution in [1.29, 1.82) is 0 Å².